The van der Waals surface area contributed by atoms with Gasteiger partial charge in [-0.3, -0.25) is 22.9 Å². The third-order valence-electron chi connectivity index (χ3n) is 5.55. The van der Waals surface area contributed by atoms with Crippen molar-refractivity contribution in [3.63, 3.8) is 0 Å². The highest BCUT2D eigenvalue weighted by atomic mass is 16.2. The van der Waals surface area contributed by atoms with Crippen LogP contribution in [0.1, 0.15) is 11.1 Å². The summed E-state index contributed by atoms with van der Waals surface area (Å²) in [4.78, 5) is 30.0. The lowest BCUT2D eigenvalue weighted by molar-refractivity contribution is 0.708. The van der Waals surface area contributed by atoms with Gasteiger partial charge in [0.05, 0.1) is 23.0 Å². The first-order valence-electron chi connectivity index (χ1n) is 9.68. The second-order valence-corrected chi connectivity index (χ2v) is 7.54. The van der Waals surface area contributed by atoms with Gasteiger partial charge in [-0.1, -0.05) is 35.9 Å². The van der Waals surface area contributed by atoms with Gasteiger partial charge in [-0.2, -0.15) is 10.2 Å². The molecule has 0 radical (unpaired) electrons. The molecule has 2 aromatic carbocycles. The van der Waals surface area contributed by atoms with Crippen molar-refractivity contribution in [1.29, 1.82) is 5.26 Å². The number of hydrogen-bond acceptors (Lipinski definition) is 4. The maximum Gasteiger partial charge on any atom is 0.332 e. The van der Waals surface area contributed by atoms with Gasteiger partial charge in [0.2, 0.25) is 5.78 Å². The molecule has 0 bridgehead atoms. The molecule has 0 unspecified atom stereocenters. The van der Waals surface area contributed by atoms with Crippen LogP contribution in [0.4, 0.5) is 0 Å². The van der Waals surface area contributed by atoms with Gasteiger partial charge in [-0.25, -0.2) is 4.79 Å². The molecule has 3 aromatic heterocycles. The van der Waals surface area contributed by atoms with Crippen LogP contribution in [0.3, 0.4) is 0 Å². The Kier molecular flexibility index (Phi) is 3.95. The van der Waals surface area contributed by atoms with E-state index in [0.29, 0.717) is 22.5 Å². The fourth-order valence-corrected chi connectivity index (χ4v) is 3.87. The average molecular weight is 410 g/mol. The Morgan fingerprint density at radius 1 is 1.00 bits per heavy atom. The van der Waals surface area contributed by atoms with E-state index in [0.717, 1.165) is 27.1 Å². The van der Waals surface area contributed by atoms with E-state index in [1.54, 1.807) is 29.6 Å². The van der Waals surface area contributed by atoms with Gasteiger partial charge in [-0.15, -0.1) is 0 Å². The fraction of sp³-hybridized carbons (Fsp3) is 0.130. The Bertz CT molecular complexity index is 1660. The molecule has 8 heteroatoms. The molecular formula is C23H18N6O2. The molecule has 0 N–H and O–H groups in total. The predicted molar refractivity (Wildman–Crippen MR) is 117 cm³/mol. The number of benzene rings is 2. The number of aryl methyl sites for hydroxylation is 2. The Morgan fingerprint density at radius 3 is 2.45 bits per heavy atom. The summed E-state index contributed by atoms with van der Waals surface area (Å²) in [6.07, 6.45) is 1.85. The average Bonchev–Trinajstić information content (AvgIpc) is 3.33. The maximum absolute atomic E-state index is 13.0. The number of nitriles is 1. The molecule has 31 heavy (non-hydrogen) atoms. The summed E-state index contributed by atoms with van der Waals surface area (Å²) in [5.41, 5.74) is 3.92. The SMILES string of the molecule is Cc1ccc(-c2cn3c4c(=O)n(C)c(=O)n(C)c4nc3n2-c2cccc(C#N)c2)cc1. The molecule has 5 rings (SSSR count). The molecule has 0 aliphatic carbocycles. The van der Waals surface area contributed by atoms with Crippen LogP contribution in [0.2, 0.25) is 0 Å². The van der Waals surface area contributed by atoms with Gasteiger partial charge < -0.3 is 0 Å². The number of imidazole rings is 2. The molecule has 0 spiro atoms. The van der Waals surface area contributed by atoms with Crippen molar-refractivity contribution in [2.24, 2.45) is 14.1 Å². The van der Waals surface area contributed by atoms with E-state index in [1.807, 2.05) is 48.0 Å². The molecular weight excluding hydrogens is 392 g/mol. The fourth-order valence-electron chi connectivity index (χ4n) is 3.87. The van der Waals surface area contributed by atoms with E-state index < -0.39 is 11.2 Å². The molecule has 152 valence electrons. The van der Waals surface area contributed by atoms with Crippen molar-refractivity contribution in [2.75, 3.05) is 0 Å². The Morgan fingerprint density at radius 2 is 1.74 bits per heavy atom. The van der Waals surface area contributed by atoms with Crippen molar-refractivity contribution in [3.8, 4) is 23.0 Å². The number of aromatic nitrogens is 5. The normalized spacial score (nSPS) is 11.3. The summed E-state index contributed by atoms with van der Waals surface area (Å²) in [7, 11) is 3.05. The Labute approximate surface area is 176 Å². The van der Waals surface area contributed by atoms with Crippen LogP contribution >= 0.6 is 0 Å². The highest BCUT2D eigenvalue weighted by Crippen LogP contribution is 2.29. The van der Waals surface area contributed by atoms with E-state index in [-0.39, 0.29) is 0 Å². The topological polar surface area (TPSA) is 90.0 Å². The molecule has 0 atom stereocenters. The van der Waals surface area contributed by atoms with Gasteiger partial charge in [-0.05, 0) is 25.1 Å². The van der Waals surface area contributed by atoms with Gasteiger partial charge in [0, 0.05) is 25.9 Å². The lowest BCUT2D eigenvalue weighted by atomic mass is 10.1. The van der Waals surface area contributed by atoms with Crippen LogP contribution in [-0.2, 0) is 14.1 Å². The van der Waals surface area contributed by atoms with E-state index in [1.165, 1.54) is 11.6 Å². The van der Waals surface area contributed by atoms with E-state index in [9.17, 15) is 14.9 Å². The van der Waals surface area contributed by atoms with Crippen molar-refractivity contribution in [2.45, 2.75) is 6.92 Å². The summed E-state index contributed by atoms with van der Waals surface area (Å²) in [6.45, 7) is 2.02. The van der Waals surface area contributed by atoms with Crippen LogP contribution in [0, 0.1) is 18.3 Å². The van der Waals surface area contributed by atoms with Crippen molar-refractivity contribution in [1.82, 2.24) is 23.1 Å². The van der Waals surface area contributed by atoms with Crippen molar-refractivity contribution >= 4 is 16.9 Å². The standard InChI is InChI=1S/C23H18N6O2/c1-14-7-9-16(10-8-14)18-13-28-19-20(26(2)23(31)27(3)21(19)30)25-22(28)29(18)17-6-4-5-15(11-17)12-24/h4-11,13H,1-3H3. The molecule has 5 aromatic rings. The van der Waals surface area contributed by atoms with E-state index in [4.69, 9.17) is 0 Å². The lowest BCUT2D eigenvalue weighted by Crippen LogP contribution is -2.37. The quantitative estimate of drug-likeness (QED) is 0.447. The largest absolute Gasteiger partial charge is 0.332 e. The zero-order valence-electron chi connectivity index (χ0n) is 17.2. The minimum Gasteiger partial charge on any atom is -0.279 e. The van der Waals surface area contributed by atoms with Crippen LogP contribution in [0.15, 0.2) is 64.3 Å². The molecule has 8 nitrogen and oxygen atoms in total. The van der Waals surface area contributed by atoms with Crippen molar-refractivity contribution < 1.29 is 0 Å². The Balaban J connectivity index is 1.97. The Hall–Kier alpha value is -4.38. The summed E-state index contributed by atoms with van der Waals surface area (Å²) < 4.78 is 6.06. The van der Waals surface area contributed by atoms with Gasteiger partial charge in [0.15, 0.2) is 11.2 Å². The number of hydrogen-bond donors (Lipinski definition) is 0. The maximum atomic E-state index is 13.0. The summed E-state index contributed by atoms with van der Waals surface area (Å²) in [6, 6.07) is 17.4. The second kappa shape index (κ2) is 6.57. The monoisotopic (exact) mass is 410 g/mol. The van der Waals surface area contributed by atoms with Crippen LogP contribution in [-0.4, -0.2) is 23.1 Å². The molecule has 0 fully saturated rings. The number of fused-ring (bicyclic) bond motifs is 3. The summed E-state index contributed by atoms with van der Waals surface area (Å²) in [5.74, 6) is 0.485. The lowest BCUT2D eigenvalue weighted by Gasteiger charge is -2.10. The van der Waals surface area contributed by atoms with E-state index >= 15 is 0 Å². The molecule has 0 saturated carbocycles. The first kappa shape index (κ1) is 18.6. The third kappa shape index (κ3) is 2.64. The number of nitrogens with zero attached hydrogens (tertiary/aromatic N) is 6. The zero-order chi connectivity index (χ0) is 21.9. The molecule has 0 amide bonds. The van der Waals surface area contributed by atoms with Crippen LogP contribution in [0.25, 0.3) is 33.9 Å². The molecule has 0 aliphatic heterocycles. The van der Waals surface area contributed by atoms with Crippen molar-refractivity contribution in [3.05, 3.63) is 86.7 Å². The van der Waals surface area contributed by atoms with E-state index in [2.05, 4.69) is 11.1 Å². The molecule has 3 heterocycles. The van der Waals surface area contributed by atoms with Gasteiger partial charge >= 0.3 is 5.69 Å². The smallest absolute Gasteiger partial charge is 0.279 e. The highest BCUT2D eigenvalue weighted by molar-refractivity contribution is 5.79. The molecule has 0 saturated heterocycles. The van der Waals surface area contributed by atoms with Crippen LogP contribution in [0.5, 0.6) is 0 Å². The summed E-state index contributed by atoms with van der Waals surface area (Å²) in [5, 5.41) is 9.38. The van der Waals surface area contributed by atoms with Crippen LogP contribution < -0.4 is 11.2 Å². The van der Waals surface area contributed by atoms with Gasteiger partial charge in [0.25, 0.3) is 5.56 Å². The highest BCUT2D eigenvalue weighted by Gasteiger charge is 2.21. The minimum absolute atomic E-state index is 0.309. The third-order valence-corrected chi connectivity index (χ3v) is 5.55. The number of rotatable bonds is 2. The predicted octanol–water partition coefficient (Wildman–Crippen LogP) is 2.52. The summed E-state index contributed by atoms with van der Waals surface area (Å²) >= 11 is 0. The minimum atomic E-state index is -0.435. The van der Waals surface area contributed by atoms with Gasteiger partial charge in [0.1, 0.15) is 0 Å². The molecule has 0 aliphatic rings. The first-order valence-corrected chi connectivity index (χ1v) is 9.68. The zero-order valence-corrected chi connectivity index (χ0v) is 17.2. The second-order valence-electron chi connectivity index (χ2n) is 7.54. The first-order chi connectivity index (χ1) is 14.9.